The number of thiocarbonyl (C=S) groups is 1. The van der Waals surface area contributed by atoms with Crippen molar-refractivity contribution in [3.8, 4) is 0 Å². The Hall–Kier alpha value is -1.09. The highest BCUT2D eigenvalue weighted by Gasteiger charge is 2.07. The third kappa shape index (κ3) is 2.23. The SMILES string of the molecule is CCN(C)c1ccc(C)cc1C(N)=S. The molecule has 0 unspecified atom stereocenters. The molecule has 2 nitrogen and oxygen atoms in total. The number of hydrogen-bond donors (Lipinski definition) is 1. The van der Waals surface area contributed by atoms with Crippen LogP contribution >= 0.6 is 12.2 Å². The predicted octanol–water partition coefficient (Wildman–Crippen LogP) is 2.09. The zero-order valence-corrected chi connectivity index (χ0v) is 9.69. The lowest BCUT2D eigenvalue weighted by Crippen LogP contribution is -2.21. The Balaban J connectivity index is 3.21. The predicted molar refractivity (Wildman–Crippen MR) is 66.0 cm³/mol. The minimum absolute atomic E-state index is 0.462. The van der Waals surface area contributed by atoms with E-state index in [0.717, 1.165) is 17.8 Å². The van der Waals surface area contributed by atoms with Gasteiger partial charge in [0, 0.05) is 24.8 Å². The molecule has 3 heteroatoms. The summed E-state index contributed by atoms with van der Waals surface area (Å²) in [5.74, 6) is 0. The molecule has 0 bridgehead atoms. The lowest BCUT2D eigenvalue weighted by atomic mass is 10.1. The van der Waals surface area contributed by atoms with Crippen molar-refractivity contribution < 1.29 is 0 Å². The molecule has 0 atom stereocenters. The summed E-state index contributed by atoms with van der Waals surface area (Å²) >= 11 is 5.03. The lowest BCUT2D eigenvalue weighted by molar-refractivity contribution is 0.966. The number of anilines is 1. The zero-order chi connectivity index (χ0) is 10.7. The van der Waals surface area contributed by atoms with E-state index in [0.29, 0.717) is 4.99 Å². The minimum atomic E-state index is 0.462. The zero-order valence-electron chi connectivity index (χ0n) is 8.87. The van der Waals surface area contributed by atoms with Crippen LogP contribution in [0.4, 0.5) is 5.69 Å². The van der Waals surface area contributed by atoms with E-state index in [-0.39, 0.29) is 0 Å². The summed E-state index contributed by atoms with van der Waals surface area (Å²) < 4.78 is 0. The third-order valence-corrected chi connectivity index (χ3v) is 2.52. The van der Waals surface area contributed by atoms with Crippen LogP contribution in [-0.2, 0) is 0 Å². The van der Waals surface area contributed by atoms with Gasteiger partial charge < -0.3 is 10.6 Å². The maximum absolute atomic E-state index is 5.68. The summed E-state index contributed by atoms with van der Waals surface area (Å²) in [4.78, 5) is 2.59. The van der Waals surface area contributed by atoms with E-state index in [9.17, 15) is 0 Å². The highest BCUT2D eigenvalue weighted by Crippen LogP contribution is 2.20. The fraction of sp³-hybridized carbons (Fsp3) is 0.364. The maximum Gasteiger partial charge on any atom is 0.106 e. The summed E-state index contributed by atoms with van der Waals surface area (Å²) in [5, 5.41) is 0. The van der Waals surface area contributed by atoms with Crippen molar-refractivity contribution in [2.75, 3.05) is 18.5 Å². The second-order valence-electron chi connectivity index (χ2n) is 3.40. The topological polar surface area (TPSA) is 29.3 Å². The van der Waals surface area contributed by atoms with Gasteiger partial charge in [-0.3, -0.25) is 0 Å². The minimum Gasteiger partial charge on any atom is -0.389 e. The van der Waals surface area contributed by atoms with Crippen molar-refractivity contribution >= 4 is 22.9 Å². The summed E-state index contributed by atoms with van der Waals surface area (Å²) in [7, 11) is 2.03. The van der Waals surface area contributed by atoms with Gasteiger partial charge in [0.25, 0.3) is 0 Å². The van der Waals surface area contributed by atoms with Crippen molar-refractivity contribution in [2.45, 2.75) is 13.8 Å². The van der Waals surface area contributed by atoms with Gasteiger partial charge in [0.2, 0.25) is 0 Å². The van der Waals surface area contributed by atoms with Gasteiger partial charge in [0.05, 0.1) is 0 Å². The molecule has 1 aromatic rings. The number of benzene rings is 1. The van der Waals surface area contributed by atoms with Gasteiger partial charge in [-0.15, -0.1) is 0 Å². The Morgan fingerprint density at radius 3 is 2.64 bits per heavy atom. The van der Waals surface area contributed by atoms with Gasteiger partial charge in [-0.2, -0.15) is 0 Å². The van der Waals surface area contributed by atoms with Crippen molar-refractivity contribution in [3.63, 3.8) is 0 Å². The molecule has 0 fully saturated rings. The van der Waals surface area contributed by atoms with Gasteiger partial charge in [-0.05, 0) is 26.0 Å². The second kappa shape index (κ2) is 4.42. The molecule has 0 aliphatic heterocycles. The molecule has 2 N–H and O–H groups in total. The van der Waals surface area contributed by atoms with Gasteiger partial charge >= 0.3 is 0 Å². The number of aryl methyl sites for hydroxylation is 1. The van der Waals surface area contributed by atoms with E-state index in [1.165, 1.54) is 5.56 Å². The molecule has 14 heavy (non-hydrogen) atoms. The molecule has 0 spiro atoms. The molecule has 0 aliphatic carbocycles. The Kier molecular flexibility index (Phi) is 3.47. The van der Waals surface area contributed by atoms with Crippen molar-refractivity contribution in [1.82, 2.24) is 0 Å². The highest BCUT2D eigenvalue weighted by molar-refractivity contribution is 7.80. The molecule has 0 amide bonds. The molecule has 0 aliphatic rings. The Morgan fingerprint density at radius 2 is 2.14 bits per heavy atom. The van der Waals surface area contributed by atoms with Crippen LogP contribution in [0, 0.1) is 6.92 Å². The van der Waals surface area contributed by atoms with Crippen molar-refractivity contribution in [2.24, 2.45) is 5.73 Å². The van der Waals surface area contributed by atoms with Crippen LogP contribution in [0.5, 0.6) is 0 Å². The molecular formula is C11H16N2S. The molecule has 1 aromatic carbocycles. The van der Waals surface area contributed by atoms with Crippen LogP contribution in [0.3, 0.4) is 0 Å². The smallest absolute Gasteiger partial charge is 0.106 e. The first-order chi connectivity index (χ1) is 6.56. The average molecular weight is 208 g/mol. The Labute approximate surface area is 90.7 Å². The van der Waals surface area contributed by atoms with E-state index in [2.05, 4.69) is 24.0 Å². The quantitative estimate of drug-likeness (QED) is 0.771. The summed E-state index contributed by atoms with van der Waals surface area (Å²) in [6, 6.07) is 6.17. The number of nitrogens with two attached hydrogens (primary N) is 1. The molecule has 0 saturated heterocycles. The van der Waals surface area contributed by atoms with Gasteiger partial charge in [0.15, 0.2) is 0 Å². The summed E-state index contributed by atoms with van der Waals surface area (Å²) in [5.41, 5.74) is 8.93. The van der Waals surface area contributed by atoms with E-state index in [1.54, 1.807) is 0 Å². The molecule has 0 aromatic heterocycles. The average Bonchev–Trinajstić information content (AvgIpc) is 2.16. The fourth-order valence-corrected chi connectivity index (χ4v) is 1.51. The van der Waals surface area contributed by atoms with Crippen molar-refractivity contribution in [3.05, 3.63) is 29.3 Å². The maximum atomic E-state index is 5.68. The standard InChI is InChI=1S/C11H16N2S/c1-4-13(3)10-6-5-8(2)7-9(10)11(12)14/h5-7H,4H2,1-3H3,(H2,12,14). The molecule has 1 rings (SSSR count). The number of hydrogen-bond acceptors (Lipinski definition) is 2. The van der Waals surface area contributed by atoms with Crippen LogP contribution in [0.2, 0.25) is 0 Å². The van der Waals surface area contributed by atoms with Crippen molar-refractivity contribution in [1.29, 1.82) is 0 Å². The Bertz CT molecular complexity index is 347. The fourth-order valence-electron chi connectivity index (χ4n) is 1.35. The largest absolute Gasteiger partial charge is 0.389 e. The van der Waals surface area contributed by atoms with E-state index < -0.39 is 0 Å². The number of rotatable bonds is 3. The summed E-state index contributed by atoms with van der Waals surface area (Å²) in [6.07, 6.45) is 0. The van der Waals surface area contributed by atoms with Crippen LogP contribution in [-0.4, -0.2) is 18.6 Å². The van der Waals surface area contributed by atoms with Crippen LogP contribution in [0.1, 0.15) is 18.1 Å². The van der Waals surface area contributed by atoms with Crippen LogP contribution in [0.25, 0.3) is 0 Å². The molecule has 0 heterocycles. The Morgan fingerprint density at radius 1 is 1.50 bits per heavy atom. The van der Waals surface area contributed by atoms with E-state index in [1.807, 2.05) is 20.0 Å². The first kappa shape index (κ1) is 11.0. The van der Waals surface area contributed by atoms with Gasteiger partial charge in [-0.1, -0.05) is 23.8 Å². The first-order valence-corrected chi connectivity index (χ1v) is 5.08. The van der Waals surface area contributed by atoms with Crippen LogP contribution in [0.15, 0.2) is 18.2 Å². The van der Waals surface area contributed by atoms with Crippen LogP contribution < -0.4 is 10.6 Å². The first-order valence-electron chi connectivity index (χ1n) is 4.67. The van der Waals surface area contributed by atoms with Gasteiger partial charge in [-0.25, -0.2) is 0 Å². The monoisotopic (exact) mass is 208 g/mol. The number of nitrogens with zero attached hydrogens (tertiary/aromatic N) is 1. The third-order valence-electron chi connectivity index (χ3n) is 2.30. The molecular weight excluding hydrogens is 192 g/mol. The van der Waals surface area contributed by atoms with Gasteiger partial charge in [0.1, 0.15) is 4.99 Å². The van der Waals surface area contributed by atoms with E-state index >= 15 is 0 Å². The molecule has 0 saturated carbocycles. The molecule has 76 valence electrons. The lowest BCUT2D eigenvalue weighted by Gasteiger charge is -2.20. The normalized spacial score (nSPS) is 9.93. The molecule has 0 radical (unpaired) electrons. The second-order valence-corrected chi connectivity index (χ2v) is 3.84. The summed E-state index contributed by atoms with van der Waals surface area (Å²) in [6.45, 7) is 5.08. The highest BCUT2D eigenvalue weighted by atomic mass is 32.1. The van der Waals surface area contributed by atoms with E-state index in [4.69, 9.17) is 18.0 Å².